The number of thiazole rings is 1. The van der Waals surface area contributed by atoms with Gasteiger partial charge in [-0.05, 0) is 12.1 Å². The molecule has 0 amide bonds. The number of methoxy groups -OCH3 is 1. The molecule has 0 saturated carbocycles. The summed E-state index contributed by atoms with van der Waals surface area (Å²) in [6, 6.07) is 5.20. The van der Waals surface area contributed by atoms with Gasteiger partial charge in [0.15, 0.2) is 10.8 Å². The summed E-state index contributed by atoms with van der Waals surface area (Å²) in [4.78, 5) is 37.2. The van der Waals surface area contributed by atoms with Crippen molar-refractivity contribution in [3.05, 3.63) is 46.0 Å². The van der Waals surface area contributed by atoms with Crippen LogP contribution in [0, 0.1) is 0 Å². The Labute approximate surface area is 190 Å². The third-order valence-corrected chi connectivity index (χ3v) is 6.40. The van der Waals surface area contributed by atoms with Crippen molar-refractivity contribution in [2.75, 3.05) is 25.1 Å². The molecule has 0 unspecified atom stereocenters. The number of aromatic amines is 1. The Hall–Kier alpha value is -3.15. The monoisotopic (exact) mass is 482 g/mol. The Kier molecular flexibility index (Phi) is 6.54. The number of alkyl halides is 3. The van der Waals surface area contributed by atoms with Crippen molar-refractivity contribution in [1.82, 2.24) is 15.0 Å². The zero-order chi connectivity index (χ0) is 23.6. The van der Waals surface area contributed by atoms with E-state index in [0.29, 0.717) is 47.2 Å². The number of halogens is 3. The van der Waals surface area contributed by atoms with Crippen molar-refractivity contribution in [3.63, 3.8) is 0 Å². The Morgan fingerprint density at radius 1 is 1.24 bits per heavy atom. The summed E-state index contributed by atoms with van der Waals surface area (Å²) in [5.74, 6) is -0.219. The minimum atomic E-state index is -4.48. The third-order valence-electron chi connectivity index (χ3n) is 5.30. The average Bonchev–Trinajstić information content (AvgIpc) is 3.22. The first-order valence-corrected chi connectivity index (χ1v) is 11.1. The predicted octanol–water partition coefficient (Wildman–Crippen LogP) is 3.55. The fourth-order valence-electron chi connectivity index (χ4n) is 3.59. The number of hydrogen-bond donors (Lipinski definition) is 1. The van der Waals surface area contributed by atoms with E-state index in [1.54, 1.807) is 0 Å². The number of benzene rings is 1. The molecule has 1 aliphatic heterocycles. The van der Waals surface area contributed by atoms with Gasteiger partial charge in [0.1, 0.15) is 22.4 Å². The number of anilines is 1. The maximum atomic E-state index is 13.2. The second-order valence-electron chi connectivity index (χ2n) is 7.54. The SMILES string of the molecule is COC(=O)CCc1nc2nc(N3CCC(Oc4ccccc4C(F)(F)F)CC3)sc2c(=O)[nH]1. The van der Waals surface area contributed by atoms with Crippen LogP contribution in [0.2, 0.25) is 0 Å². The lowest BCUT2D eigenvalue weighted by molar-refractivity contribution is -0.141. The fraction of sp³-hybridized carbons (Fsp3) is 0.429. The standard InChI is InChI=1S/C21H21F3N4O4S/c1-31-16(29)7-6-15-25-18-17(19(30)26-15)33-20(27-18)28-10-8-12(9-11-28)32-14-5-3-2-4-13(14)21(22,23)24/h2-5,12H,6-11H2,1H3,(H,25,26,30). The van der Waals surface area contributed by atoms with Crippen LogP contribution in [0.5, 0.6) is 5.75 Å². The molecule has 0 aliphatic carbocycles. The number of ether oxygens (including phenoxy) is 2. The molecule has 3 aromatic rings. The highest BCUT2D eigenvalue weighted by Crippen LogP contribution is 2.37. The molecule has 0 bridgehead atoms. The van der Waals surface area contributed by atoms with E-state index in [-0.39, 0.29) is 30.3 Å². The van der Waals surface area contributed by atoms with Crippen LogP contribution in [0.3, 0.4) is 0 Å². The van der Waals surface area contributed by atoms with Crippen LogP contribution in [0.4, 0.5) is 18.3 Å². The summed E-state index contributed by atoms with van der Waals surface area (Å²) in [7, 11) is 1.29. The summed E-state index contributed by atoms with van der Waals surface area (Å²) < 4.78 is 50.3. The van der Waals surface area contributed by atoms with E-state index in [1.807, 2.05) is 4.90 Å². The molecule has 8 nitrogen and oxygen atoms in total. The number of aromatic nitrogens is 3. The van der Waals surface area contributed by atoms with Gasteiger partial charge in [0, 0.05) is 32.4 Å². The van der Waals surface area contributed by atoms with E-state index in [0.717, 1.165) is 6.07 Å². The molecule has 4 rings (SSSR count). The van der Waals surface area contributed by atoms with Crippen molar-refractivity contribution < 1.29 is 27.4 Å². The van der Waals surface area contributed by atoms with E-state index >= 15 is 0 Å². The summed E-state index contributed by atoms with van der Waals surface area (Å²) in [6.07, 6.45) is -3.49. The zero-order valence-corrected chi connectivity index (χ0v) is 18.5. The summed E-state index contributed by atoms with van der Waals surface area (Å²) in [5, 5.41) is 0.613. The van der Waals surface area contributed by atoms with Crippen molar-refractivity contribution in [1.29, 1.82) is 0 Å². The smallest absolute Gasteiger partial charge is 0.419 e. The Morgan fingerprint density at radius 2 is 1.97 bits per heavy atom. The molecule has 1 N–H and O–H groups in total. The lowest BCUT2D eigenvalue weighted by atomic mass is 10.1. The number of para-hydroxylation sites is 1. The first-order valence-electron chi connectivity index (χ1n) is 10.3. The Morgan fingerprint density at radius 3 is 2.67 bits per heavy atom. The number of esters is 1. The van der Waals surface area contributed by atoms with Gasteiger partial charge in [-0.25, -0.2) is 4.98 Å². The number of fused-ring (bicyclic) bond motifs is 1. The molecule has 0 atom stereocenters. The largest absolute Gasteiger partial charge is 0.490 e. The van der Waals surface area contributed by atoms with Gasteiger partial charge < -0.3 is 19.4 Å². The highest BCUT2D eigenvalue weighted by molar-refractivity contribution is 7.22. The maximum Gasteiger partial charge on any atom is 0.419 e. The normalized spacial score (nSPS) is 15.1. The average molecular weight is 482 g/mol. The summed E-state index contributed by atoms with van der Waals surface area (Å²) in [6.45, 7) is 1.04. The van der Waals surface area contributed by atoms with Crippen LogP contribution in [0.1, 0.15) is 30.7 Å². The summed E-state index contributed by atoms with van der Waals surface area (Å²) in [5.41, 5.74) is -0.811. The number of aryl methyl sites for hydroxylation is 1. The van der Waals surface area contributed by atoms with E-state index in [1.165, 1.54) is 36.6 Å². The number of piperidine rings is 1. The van der Waals surface area contributed by atoms with E-state index < -0.39 is 17.7 Å². The first kappa shape index (κ1) is 23.0. The van der Waals surface area contributed by atoms with Crippen LogP contribution < -0.4 is 15.2 Å². The van der Waals surface area contributed by atoms with Gasteiger partial charge in [-0.15, -0.1) is 0 Å². The minimum absolute atomic E-state index is 0.0902. The van der Waals surface area contributed by atoms with Crippen molar-refractivity contribution in [2.24, 2.45) is 0 Å². The van der Waals surface area contributed by atoms with E-state index in [9.17, 15) is 22.8 Å². The minimum Gasteiger partial charge on any atom is -0.490 e. The molecule has 0 spiro atoms. The van der Waals surface area contributed by atoms with E-state index in [2.05, 4.69) is 19.7 Å². The van der Waals surface area contributed by atoms with Crippen molar-refractivity contribution in [2.45, 2.75) is 38.0 Å². The topological polar surface area (TPSA) is 97.4 Å². The molecule has 1 aromatic carbocycles. The zero-order valence-electron chi connectivity index (χ0n) is 17.6. The van der Waals surface area contributed by atoms with Gasteiger partial charge in [-0.2, -0.15) is 18.2 Å². The number of carbonyl (C=O) groups is 1. The van der Waals surface area contributed by atoms with Gasteiger partial charge in [0.25, 0.3) is 5.56 Å². The molecule has 1 aliphatic rings. The second kappa shape index (κ2) is 9.38. The highest BCUT2D eigenvalue weighted by atomic mass is 32.1. The number of hydrogen-bond acceptors (Lipinski definition) is 8. The van der Waals surface area contributed by atoms with Crippen LogP contribution >= 0.6 is 11.3 Å². The molecule has 1 fully saturated rings. The number of carbonyl (C=O) groups excluding carboxylic acids is 1. The number of nitrogens with zero attached hydrogens (tertiary/aromatic N) is 3. The Balaban J connectivity index is 1.43. The van der Waals surface area contributed by atoms with Gasteiger partial charge in [-0.1, -0.05) is 23.5 Å². The van der Waals surface area contributed by atoms with Gasteiger partial charge in [0.05, 0.1) is 19.1 Å². The third kappa shape index (κ3) is 5.27. The van der Waals surface area contributed by atoms with Crippen LogP contribution in [0.25, 0.3) is 10.3 Å². The Bertz CT molecular complexity index is 1200. The first-order chi connectivity index (χ1) is 15.7. The highest BCUT2D eigenvalue weighted by Gasteiger charge is 2.35. The molecule has 0 radical (unpaired) electrons. The lowest BCUT2D eigenvalue weighted by Gasteiger charge is -2.32. The quantitative estimate of drug-likeness (QED) is 0.537. The second-order valence-corrected chi connectivity index (χ2v) is 8.51. The van der Waals surface area contributed by atoms with Gasteiger partial charge in [0.2, 0.25) is 0 Å². The number of nitrogens with one attached hydrogen (secondary N) is 1. The van der Waals surface area contributed by atoms with Gasteiger partial charge in [-0.3, -0.25) is 9.59 Å². The van der Waals surface area contributed by atoms with Crippen molar-refractivity contribution >= 4 is 32.8 Å². The molecular weight excluding hydrogens is 461 g/mol. The molecule has 12 heteroatoms. The van der Waals surface area contributed by atoms with E-state index in [4.69, 9.17) is 4.74 Å². The fourth-order valence-corrected chi connectivity index (χ4v) is 4.55. The molecule has 3 heterocycles. The predicted molar refractivity (Wildman–Crippen MR) is 116 cm³/mol. The lowest BCUT2D eigenvalue weighted by Crippen LogP contribution is -2.38. The van der Waals surface area contributed by atoms with Gasteiger partial charge >= 0.3 is 12.1 Å². The van der Waals surface area contributed by atoms with Crippen LogP contribution in [-0.4, -0.2) is 47.2 Å². The molecule has 33 heavy (non-hydrogen) atoms. The summed E-state index contributed by atoms with van der Waals surface area (Å²) >= 11 is 1.21. The van der Waals surface area contributed by atoms with Crippen molar-refractivity contribution in [3.8, 4) is 5.75 Å². The van der Waals surface area contributed by atoms with Crippen LogP contribution in [-0.2, 0) is 22.1 Å². The van der Waals surface area contributed by atoms with Crippen LogP contribution in [0.15, 0.2) is 29.1 Å². The number of H-pyrrole nitrogens is 1. The molecular formula is C21H21F3N4O4S. The number of rotatable bonds is 6. The maximum absolute atomic E-state index is 13.2. The molecule has 176 valence electrons. The molecule has 1 saturated heterocycles. The molecule has 2 aromatic heterocycles.